The van der Waals surface area contributed by atoms with Gasteiger partial charge in [-0.3, -0.25) is 20.1 Å². The van der Waals surface area contributed by atoms with Crippen molar-refractivity contribution in [2.45, 2.75) is 19.3 Å². The second kappa shape index (κ2) is 8.46. The highest BCUT2D eigenvalue weighted by atomic mass is 32.1. The van der Waals surface area contributed by atoms with E-state index in [9.17, 15) is 15.2 Å². The SMILES string of the molecule is CCOc1cc(C2CC=NC(c3cccnc3)=C2c2ccsc2)cc([N+](=O)[O-])c1O. The maximum absolute atomic E-state index is 11.6. The maximum Gasteiger partial charge on any atom is 0.314 e. The van der Waals surface area contributed by atoms with Crippen molar-refractivity contribution in [1.29, 1.82) is 0 Å². The largest absolute Gasteiger partial charge is 0.500 e. The molecule has 3 aromatic rings. The monoisotopic (exact) mass is 421 g/mol. The molecule has 0 fully saturated rings. The molecule has 2 aromatic heterocycles. The van der Waals surface area contributed by atoms with E-state index in [-0.39, 0.29) is 24.0 Å². The van der Waals surface area contributed by atoms with E-state index in [1.807, 2.05) is 35.2 Å². The molecule has 0 saturated heterocycles. The maximum atomic E-state index is 11.6. The third-order valence-corrected chi connectivity index (χ3v) is 5.59. The van der Waals surface area contributed by atoms with Gasteiger partial charge < -0.3 is 9.84 Å². The number of pyridine rings is 1. The fourth-order valence-corrected chi connectivity index (χ4v) is 4.27. The molecule has 30 heavy (non-hydrogen) atoms. The van der Waals surface area contributed by atoms with Gasteiger partial charge in [-0.25, -0.2) is 0 Å². The first-order valence-corrected chi connectivity index (χ1v) is 10.4. The quantitative estimate of drug-likeness (QED) is 0.431. The molecule has 0 spiro atoms. The molecule has 1 aliphatic rings. The normalized spacial score (nSPS) is 16.0. The van der Waals surface area contributed by atoms with Crippen LogP contribution in [0.15, 0.2) is 58.5 Å². The first kappa shape index (κ1) is 19.8. The summed E-state index contributed by atoms with van der Waals surface area (Å²) < 4.78 is 5.48. The number of aromatic nitrogens is 1. The molecule has 7 nitrogen and oxygen atoms in total. The van der Waals surface area contributed by atoms with Crippen LogP contribution in [0.2, 0.25) is 0 Å². The number of nitro benzene ring substituents is 1. The van der Waals surface area contributed by atoms with Gasteiger partial charge >= 0.3 is 5.69 Å². The smallest absolute Gasteiger partial charge is 0.314 e. The molecule has 8 heteroatoms. The highest BCUT2D eigenvalue weighted by molar-refractivity contribution is 7.08. The summed E-state index contributed by atoms with van der Waals surface area (Å²) in [4.78, 5) is 19.8. The second-order valence-electron chi connectivity index (χ2n) is 6.69. The number of thiophene rings is 1. The van der Waals surface area contributed by atoms with Crippen LogP contribution < -0.4 is 4.74 Å². The Morgan fingerprint density at radius 3 is 2.87 bits per heavy atom. The molecule has 0 bridgehead atoms. The summed E-state index contributed by atoms with van der Waals surface area (Å²) in [6.07, 6.45) is 5.85. The number of rotatable bonds is 6. The Hall–Kier alpha value is -3.52. The van der Waals surface area contributed by atoms with E-state index in [4.69, 9.17) is 4.74 Å². The molecule has 1 aromatic carbocycles. The Bertz CT molecular complexity index is 1120. The average Bonchev–Trinajstić information content (AvgIpc) is 3.30. The third-order valence-electron chi connectivity index (χ3n) is 4.91. The summed E-state index contributed by atoms with van der Waals surface area (Å²) in [6, 6.07) is 8.92. The fraction of sp³-hybridized carbons (Fsp3) is 0.182. The van der Waals surface area contributed by atoms with Crippen molar-refractivity contribution in [3.63, 3.8) is 0 Å². The van der Waals surface area contributed by atoms with Gasteiger partial charge in [-0.2, -0.15) is 11.3 Å². The third kappa shape index (κ3) is 3.69. The number of allylic oxidation sites excluding steroid dienone is 1. The lowest BCUT2D eigenvalue weighted by Crippen LogP contribution is -2.10. The van der Waals surface area contributed by atoms with Crippen LogP contribution in [-0.4, -0.2) is 27.8 Å². The molecule has 0 amide bonds. The van der Waals surface area contributed by atoms with Crippen molar-refractivity contribution < 1.29 is 14.8 Å². The lowest BCUT2D eigenvalue weighted by Gasteiger charge is -2.25. The van der Waals surface area contributed by atoms with Gasteiger partial charge in [-0.05, 0) is 65.1 Å². The fourth-order valence-electron chi connectivity index (χ4n) is 3.61. The van der Waals surface area contributed by atoms with Gasteiger partial charge in [0, 0.05) is 36.2 Å². The molecule has 4 rings (SSSR count). The number of ether oxygens (including phenoxy) is 1. The predicted molar refractivity (Wildman–Crippen MR) is 117 cm³/mol. The molecule has 1 aliphatic heterocycles. The van der Waals surface area contributed by atoms with Crippen LogP contribution in [0.4, 0.5) is 5.69 Å². The molecular formula is C22H19N3O4S. The molecule has 0 saturated carbocycles. The van der Waals surface area contributed by atoms with Gasteiger partial charge in [0.25, 0.3) is 0 Å². The Morgan fingerprint density at radius 1 is 1.33 bits per heavy atom. The number of hydrogen-bond donors (Lipinski definition) is 1. The Labute approximate surface area is 177 Å². The first-order valence-electron chi connectivity index (χ1n) is 9.44. The Morgan fingerprint density at radius 2 is 2.20 bits per heavy atom. The van der Waals surface area contributed by atoms with E-state index in [0.29, 0.717) is 12.0 Å². The molecular weight excluding hydrogens is 402 g/mol. The minimum atomic E-state index is -0.589. The molecule has 1 atom stereocenters. The number of nitro groups is 1. The summed E-state index contributed by atoms with van der Waals surface area (Å²) >= 11 is 1.57. The zero-order valence-corrected chi connectivity index (χ0v) is 17.0. The van der Waals surface area contributed by atoms with Crippen molar-refractivity contribution in [1.82, 2.24) is 4.98 Å². The molecule has 1 N–H and O–H groups in total. The van der Waals surface area contributed by atoms with Crippen LogP contribution in [-0.2, 0) is 0 Å². The number of aromatic hydroxyl groups is 1. The van der Waals surface area contributed by atoms with Gasteiger partial charge in [0.2, 0.25) is 5.75 Å². The van der Waals surface area contributed by atoms with Crippen LogP contribution in [0, 0.1) is 10.1 Å². The van der Waals surface area contributed by atoms with Crippen LogP contribution in [0.25, 0.3) is 11.3 Å². The summed E-state index contributed by atoms with van der Waals surface area (Å²) in [5.41, 5.74) is 3.95. The van der Waals surface area contributed by atoms with Crippen molar-refractivity contribution >= 4 is 34.5 Å². The highest BCUT2D eigenvalue weighted by Gasteiger charge is 2.29. The zero-order chi connectivity index (χ0) is 21.1. The van der Waals surface area contributed by atoms with Crippen molar-refractivity contribution in [3.8, 4) is 11.5 Å². The van der Waals surface area contributed by atoms with Crippen LogP contribution in [0.1, 0.15) is 36.0 Å². The number of hydrogen-bond acceptors (Lipinski definition) is 7. The minimum Gasteiger partial charge on any atom is -0.500 e. The highest BCUT2D eigenvalue weighted by Crippen LogP contribution is 2.47. The summed E-state index contributed by atoms with van der Waals surface area (Å²) in [6.45, 7) is 2.05. The lowest BCUT2D eigenvalue weighted by atomic mass is 9.81. The van der Waals surface area contributed by atoms with Gasteiger partial charge in [0.1, 0.15) is 0 Å². The van der Waals surface area contributed by atoms with Crippen LogP contribution >= 0.6 is 11.3 Å². The van der Waals surface area contributed by atoms with Crippen molar-refractivity contribution in [3.05, 3.63) is 80.3 Å². The first-order chi connectivity index (χ1) is 14.6. The Kier molecular flexibility index (Phi) is 5.58. The van der Waals surface area contributed by atoms with Gasteiger partial charge in [0.15, 0.2) is 5.75 Å². The number of benzene rings is 1. The zero-order valence-electron chi connectivity index (χ0n) is 16.2. The Balaban J connectivity index is 1.93. The van der Waals surface area contributed by atoms with Gasteiger partial charge in [-0.15, -0.1) is 0 Å². The van der Waals surface area contributed by atoms with Crippen LogP contribution in [0.5, 0.6) is 11.5 Å². The summed E-state index contributed by atoms with van der Waals surface area (Å²) in [7, 11) is 0. The molecule has 1 unspecified atom stereocenters. The molecule has 0 aliphatic carbocycles. The lowest BCUT2D eigenvalue weighted by molar-refractivity contribution is -0.386. The number of phenols is 1. The molecule has 0 radical (unpaired) electrons. The number of nitrogens with zero attached hydrogens (tertiary/aromatic N) is 3. The predicted octanol–water partition coefficient (Wildman–Crippen LogP) is 5.28. The van der Waals surface area contributed by atoms with E-state index < -0.39 is 10.7 Å². The van der Waals surface area contributed by atoms with Crippen molar-refractivity contribution in [2.75, 3.05) is 6.61 Å². The standard InChI is InChI=1S/C22H19N3O4S/c1-2-29-19-11-16(10-18(22(19)26)25(27)28)17-5-8-24-21(14-4-3-7-23-12-14)20(17)15-6-9-30-13-15/h3-4,6-13,17,26H,2,5H2,1H3. The van der Waals surface area contributed by atoms with E-state index in [2.05, 4.69) is 9.98 Å². The number of aliphatic imine (C=N–C) groups is 1. The number of phenolic OH excluding ortho intramolecular Hbond substituents is 1. The van der Waals surface area contributed by atoms with Gasteiger partial charge in [0.05, 0.1) is 17.2 Å². The van der Waals surface area contributed by atoms with Crippen LogP contribution in [0.3, 0.4) is 0 Å². The van der Waals surface area contributed by atoms with E-state index >= 15 is 0 Å². The van der Waals surface area contributed by atoms with Gasteiger partial charge in [-0.1, -0.05) is 0 Å². The second-order valence-corrected chi connectivity index (χ2v) is 7.47. The van der Waals surface area contributed by atoms with E-state index in [0.717, 1.165) is 22.4 Å². The molecule has 152 valence electrons. The minimum absolute atomic E-state index is 0.108. The van der Waals surface area contributed by atoms with Crippen molar-refractivity contribution in [2.24, 2.45) is 4.99 Å². The summed E-state index contributed by atoms with van der Waals surface area (Å²) in [5, 5.41) is 25.9. The molecule has 3 heterocycles. The average molecular weight is 421 g/mol. The topological polar surface area (TPSA) is 97.9 Å². The van der Waals surface area contributed by atoms with E-state index in [1.54, 1.807) is 36.7 Å². The summed E-state index contributed by atoms with van der Waals surface area (Å²) in [5.74, 6) is -0.536. The van der Waals surface area contributed by atoms with E-state index in [1.165, 1.54) is 6.07 Å².